The lowest BCUT2D eigenvalue weighted by molar-refractivity contribution is -0.140. The van der Waals surface area contributed by atoms with Crippen LogP contribution >= 0.6 is 0 Å². The number of aromatic nitrogens is 9. The molecule has 2 aliphatic rings. The lowest BCUT2D eigenvalue weighted by atomic mass is 9.98. The van der Waals surface area contributed by atoms with E-state index < -0.39 is 24.0 Å². The third-order valence-electron chi connectivity index (χ3n) is 12.1. The number of carboxylic acid groups (broad SMARTS) is 2. The highest BCUT2D eigenvalue weighted by Gasteiger charge is 2.34. The number of aliphatic carboxylic acids is 2. The number of carbonyl (C=O) groups excluding carboxylic acids is 2. The van der Waals surface area contributed by atoms with E-state index >= 15 is 0 Å². The van der Waals surface area contributed by atoms with Crippen LogP contribution in [0.5, 0.6) is 0 Å². The van der Waals surface area contributed by atoms with Crippen molar-refractivity contribution in [1.29, 1.82) is 0 Å². The number of terminal acetylenes is 1. The fourth-order valence-corrected chi connectivity index (χ4v) is 7.84. The van der Waals surface area contributed by atoms with Crippen molar-refractivity contribution in [2.24, 2.45) is 23.3 Å². The number of carbonyl (C=O) groups is 4. The highest BCUT2D eigenvalue weighted by molar-refractivity contribution is 5.82. The molecular formula is C44H70ClN16O9-. The van der Waals surface area contributed by atoms with Gasteiger partial charge in [-0.3, -0.25) is 19.2 Å². The average molecular weight is 1000 g/mol. The lowest BCUT2D eigenvalue weighted by Crippen LogP contribution is -3.00. The number of hydrogen-bond acceptors (Lipinski definition) is 19. The molecule has 2 fully saturated rings. The minimum absolute atomic E-state index is 0. The van der Waals surface area contributed by atoms with Gasteiger partial charge in [-0.25, -0.2) is 9.36 Å². The molecule has 25 nitrogen and oxygen atoms in total. The Hall–Kier alpha value is -5.78. The van der Waals surface area contributed by atoms with Crippen molar-refractivity contribution >= 4 is 41.6 Å². The van der Waals surface area contributed by atoms with Crippen molar-refractivity contribution in [3.8, 4) is 12.3 Å². The predicted octanol–water partition coefficient (Wildman–Crippen LogP) is -2.25. The quantitative estimate of drug-likeness (QED) is 0.0363. The topological polar surface area (TPSA) is 314 Å². The molecule has 5 rings (SSSR count). The van der Waals surface area contributed by atoms with E-state index in [1.165, 1.54) is 9.36 Å². The Labute approximate surface area is 414 Å². The first kappa shape index (κ1) is 56.8. The molecule has 0 saturated carbocycles. The van der Waals surface area contributed by atoms with E-state index in [1.807, 2.05) is 37.5 Å². The molecule has 70 heavy (non-hydrogen) atoms. The molecule has 7 N–H and O–H groups in total. The predicted molar refractivity (Wildman–Crippen MR) is 252 cm³/mol. The fraction of sp³-hybridized carbons (Fsp3) is 0.705. The second-order valence-electron chi connectivity index (χ2n) is 17.6. The standard InChI is InChI=1S/C44H70N16O9.ClH/c1-6-21-67-23-25-69-26-24-68-22-12-47-42-48-43(57-17-13-55(14-18-57)40(65)35(8-10-37(61)62)59-28-33(51-53-59)32(45)27-30(3)4)50-44(49-42)58-19-15-56(16-20-58)41(66)36(9-11-38(63)64)60-29-34(52-54-60)39(46)31(5)7-2;/h1,28-32,35-36,39H,7-27,45-46H2,2-5H3,(H,61,62)(H,63,64)(H,47,48,49,50);1H/p-1/t31-,32?,35+,36+,39?;/m1./s1. The maximum absolute atomic E-state index is 14.1. The Morgan fingerprint density at radius 3 is 1.67 bits per heavy atom. The number of nitrogens with zero attached hydrogens (tertiary/aromatic N) is 13. The van der Waals surface area contributed by atoms with Gasteiger partial charge in [0.1, 0.15) is 18.7 Å². The Morgan fingerprint density at radius 2 is 1.20 bits per heavy atom. The molecule has 5 heterocycles. The maximum Gasteiger partial charge on any atom is 0.303 e. The molecule has 0 radical (unpaired) electrons. The number of hydrogen-bond donors (Lipinski definition) is 5. The van der Waals surface area contributed by atoms with Gasteiger partial charge in [-0.05, 0) is 31.1 Å². The van der Waals surface area contributed by atoms with Crippen LogP contribution in [0.3, 0.4) is 0 Å². The van der Waals surface area contributed by atoms with Crippen molar-refractivity contribution in [2.45, 2.75) is 90.4 Å². The molecule has 0 aliphatic carbocycles. The summed E-state index contributed by atoms with van der Waals surface area (Å²) in [5.41, 5.74) is 13.8. The molecule has 3 aromatic rings. The second kappa shape index (κ2) is 28.8. The average Bonchev–Trinajstić information content (AvgIpc) is 4.04. The summed E-state index contributed by atoms with van der Waals surface area (Å²) in [6.45, 7) is 13.2. The molecule has 0 aromatic carbocycles. The zero-order valence-corrected chi connectivity index (χ0v) is 41.4. The van der Waals surface area contributed by atoms with Crippen molar-refractivity contribution in [1.82, 2.24) is 54.7 Å². The van der Waals surface area contributed by atoms with Crippen LogP contribution < -0.4 is 39.0 Å². The zero-order valence-electron chi connectivity index (χ0n) is 40.6. The van der Waals surface area contributed by atoms with Crippen LogP contribution in [0.2, 0.25) is 0 Å². The normalized spacial score (nSPS) is 16.3. The first-order valence-corrected chi connectivity index (χ1v) is 23.7. The van der Waals surface area contributed by atoms with E-state index in [1.54, 1.807) is 22.2 Å². The van der Waals surface area contributed by atoms with E-state index in [0.29, 0.717) is 134 Å². The number of amides is 2. The number of nitrogens with one attached hydrogen (secondary N) is 1. The summed E-state index contributed by atoms with van der Waals surface area (Å²) in [7, 11) is 0. The number of rotatable bonds is 29. The summed E-state index contributed by atoms with van der Waals surface area (Å²) in [5.74, 6) is 1.30. The Balaban J connectivity index is 0.0000107. The Kier molecular flexibility index (Phi) is 23.4. The van der Waals surface area contributed by atoms with Gasteiger partial charge in [-0.1, -0.05) is 50.5 Å². The van der Waals surface area contributed by atoms with E-state index in [9.17, 15) is 29.4 Å². The first-order valence-electron chi connectivity index (χ1n) is 23.7. The number of halogens is 1. The van der Waals surface area contributed by atoms with Gasteiger partial charge in [0.15, 0.2) is 0 Å². The molecular weight excluding hydrogens is 932 g/mol. The van der Waals surface area contributed by atoms with Gasteiger partial charge in [0.25, 0.3) is 0 Å². The van der Waals surface area contributed by atoms with Crippen LogP contribution in [0.4, 0.5) is 17.8 Å². The molecule has 3 aromatic heterocycles. The Bertz CT molecular complexity index is 2140. The molecule has 0 spiro atoms. The molecule has 2 amide bonds. The van der Waals surface area contributed by atoms with Gasteiger partial charge in [-0.15, -0.1) is 16.6 Å². The van der Waals surface area contributed by atoms with Crippen LogP contribution in [-0.4, -0.2) is 187 Å². The van der Waals surface area contributed by atoms with Crippen LogP contribution in [0.15, 0.2) is 12.4 Å². The number of ether oxygens (including phenoxy) is 3. The Morgan fingerprint density at radius 1 is 0.729 bits per heavy atom. The van der Waals surface area contributed by atoms with Crippen LogP contribution in [-0.2, 0) is 33.4 Å². The molecule has 5 atom stereocenters. The molecule has 26 heteroatoms. The molecule has 2 saturated heterocycles. The van der Waals surface area contributed by atoms with Crippen LogP contribution in [0.25, 0.3) is 0 Å². The van der Waals surface area contributed by atoms with Crippen LogP contribution in [0.1, 0.15) is 102 Å². The highest BCUT2D eigenvalue weighted by Crippen LogP contribution is 2.26. The minimum atomic E-state index is -1.03. The highest BCUT2D eigenvalue weighted by atomic mass is 35.5. The van der Waals surface area contributed by atoms with Gasteiger partial charge >= 0.3 is 11.9 Å². The maximum atomic E-state index is 14.1. The lowest BCUT2D eigenvalue weighted by Gasteiger charge is -2.38. The van der Waals surface area contributed by atoms with Crippen LogP contribution in [0, 0.1) is 24.2 Å². The van der Waals surface area contributed by atoms with Crippen molar-refractivity contribution in [3.63, 3.8) is 0 Å². The largest absolute Gasteiger partial charge is 1.00 e. The number of piperazine rings is 2. The summed E-state index contributed by atoms with van der Waals surface area (Å²) < 4.78 is 19.3. The van der Waals surface area contributed by atoms with Gasteiger partial charge in [0.2, 0.25) is 29.7 Å². The third kappa shape index (κ3) is 17.0. The number of anilines is 3. The molecule has 0 bridgehead atoms. The monoisotopic (exact) mass is 1000 g/mol. The molecule has 2 aliphatic heterocycles. The van der Waals surface area contributed by atoms with E-state index in [0.717, 1.165) is 6.42 Å². The summed E-state index contributed by atoms with van der Waals surface area (Å²) >= 11 is 0. The zero-order chi connectivity index (χ0) is 49.9. The SMILES string of the molecule is C#CCOCCOCCOCCNc1nc(N2CCN(C(=O)[C@H](CCC(=O)O)n3cc(C(N)CC(C)C)nn3)CC2)nc(N2CCN(C(=O)[C@H](CCC(=O)O)n3cc(C(N)[C@H](C)CC)nn3)CC2)n1.[Cl-]. The van der Waals surface area contributed by atoms with Gasteiger partial charge in [0.05, 0.1) is 68.9 Å². The van der Waals surface area contributed by atoms with Crippen molar-refractivity contribution in [3.05, 3.63) is 23.8 Å². The summed E-state index contributed by atoms with van der Waals surface area (Å²) in [6, 6.07) is -2.54. The molecule has 388 valence electrons. The van der Waals surface area contributed by atoms with E-state index in [2.05, 4.69) is 31.9 Å². The van der Waals surface area contributed by atoms with Crippen molar-refractivity contribution < 1.29 is 56.0 Å². The number of nitrogens with two attached hydrogens (primary N) is 2. The summed E-state index contributed by atoms with van der Waals surface area (Å²) in [5, 5.41) is 39.2. The molecule has 2 unspecified atom stereocenters. The van der Waals surface area contributed by atoms with E-state index in [4.69, 9.17) is 47.1 Å². The van der Waals surface area contributed by atoms with Crippen molar-refractivity contribution in [2.75, 3.05) is 114 Å². The second-order valence-corrected chi connectivity index (χ2v) is 17.6. The smallest absolute Gasteiger partial charge is 0.303 e. The third-order valence-corrected chi connectivity index (χ3v) is 12.1. The van der Waals surface area contributed by atoms with Gasteiger partial charge in [0, 0.05) is 71.7 Å². The fourth-order valence-electron chi connectivity index (χ4n) is 7.84. The van der Waals surface area contributed by atoms with Gasteiger partial charge in [-0.2, -0.15) is 15.0 Å². The summed E-state index contributed by atoms with van der Waals surface area (Å²) in [6.07, 6.45) is 9.54. The minimum Gasteiger partial charge on any atom is -1.00 e. The van der Waals surface area contributed by atoms with Gasteiger partial charge < -0.3 is 73.2 Å². The summed E-state index contributed by atoms with van der Waals surface area (Å²) in [4.78, 5) is 73.1. The first-order chi connectivity index (χ1) is 33.2. The van der Waals surface area contributed by atoms with E-state index in [-0.39, 0.29) is 74.5 Å². The number of carboxylic acids is 2.